The summed E-state index contributed by atoms with van der Waals surface area (Å²) in [6.07, 6.45) is 3.26. The summed E-state index contributed by atoms with van der Waals surface area (Å²) in [5, 5.41) is 5.55. The summed E-state index contributed by atoms with van der Waals surface area (Å²) in [5.74, 6) is -1.73. The van der Waals surface area contributed by atoms with Crippen molar-refractivity contribution in [3.05, 3.63) is 101 Å². The van der Waals surface area contributed by atoms with Crippen molar-refractivity contribution in [1.82, 2.24) is 20.2 Å². The Kier molecular flexibility index (Phi) is 7.16. The van der Waals surface area contributed by atoms with Gasteiger partial charge >= 0.3 is 0 Å². The highest BCUT2D eigenvalue weighted by Crippen LogP contribution is 2.47. The first-order valence-electron chi connectivity index (χ1n) is 14.6. The van der Waals surface area contributed by atoms with Crippen molar-refractivity contribution in [2.75, 3.05) is 6.54 Å². The molecular weight excluding hydrogens is 594 g/mol. The Morgan fingerprint density at radius 3 is 2.71 bits per heavy atom. The van der Waals surface area contributed by atoms with Crippen molar-refractivity contribution in [3.8, 4) is 39.4 Å². The predicted octanol–water partition coefficient (Wildman–Crippen LogP) is 7.07. The van der Waals surface area contributed by atoms with E-state index < -0.39 is 11.6 Å². The molecule has 2 aromatic carbocycles. The van der Waals surface area contributed by atoms with Crippen molar-refractivity contribution in [1.29, 1.82) is 0 Å². The minimum atomic E-state index is -0.771. The van der Waals surface area contributed by atoms with Crippen LogP contribution in [0.4, 0.5) is 8.78 Å². The first-order valence-corrected chi connectivity index (χ1v) is 15.5. The lowest BCUT2D eigenvalue weighted by Crippen LogP contribution is -2.35. The number of thiophene rings is 1. The van der Waals surface area contributed by atoms with Crippen LogP contribution in [0.5, 0.6) is 5.75 Å². The van der Waals surface area contributed by atoms with Crippen molar-refractivity contribution in [3.63, 3.8) is 0 Å². The number of ether oxygens (including phenoxy) is 1. The number of nitrogens with zero attached hydrogens (tertiary/aromatic N) is 3. The van der Waals surface area contributed by atoms with Gasteiger partial charge in [-0.05, 0) is 60.7 Å². The minimum absolute atomic E-state index is 0.0730. The highest BCUT2D eigenvalue weighted by Gasteiger charge is 2.28. The Bertz CT molecular complexity index is 2060. The lowest BCUT2D eigenvalue weighted by molar-refractivity contribution is -0.126. The zero-order valence-electron chi connectivity index (χ0n) is 24.6. The molecule has 0 saturated heterocycles. The maximum Gasteiger partial charge on any atom is 0.251 e. The number of fused-ring (bicyclic) bond motifs is 3. The van der Waals surface area contributed by atoms with E-state index in [0.717, 1.165) is 38.5 Å². The highest BCUT2D eigenvalue weighted by atomic mass is 32.1. The first kappa shape index (κ1) is 28.8. The fourth-order valence-electron chi connectivity index (χ4n) is 6.08. The number of hydrogen-bond acceptors (Lipinski definition) is 6. The number of aromatic nitrogens is 2. The van der Waals surface area contributed by atoms with Gasteiger partial charge in [-0.15, -0.1) is 11.3 Å². The fraction of sp³-hybridized carbons (Fsp3) is 0.200. The third-order valence-electron chi connectivity index (χ3n) is 8.10. The van der Waals surface area contributed by atoms with E-state index in [9.17, 15) is 14.0 Å². The van der Waals surface area contributed by atoms with Crippen molar-refractivity contribution in [2.45, 2.75) is 39.5 Å². The number of pyridine rings is 2. The van der Waals surface area contributed by atoms with E-state index in [2.05, 4.69) is 11.9 Å². The van der Waals surface area contributed by atoms with Gasteiger partial charge < -0.3 is 15.0 Å². The van der Waals surface area contributed by atoms with Crippen LogP contribution in [0.15, 0.2) is 66.7 Å². The Balaban J connectivity index is 1.51. The standard InChI is InChI=1S/C35H28F2N4O3S/c1-4-29(42)41-9-7-27-22(17-41)12-21(16-38-27)33-31(30-26(37)13-23(36)14-28(30)44-18(2)3)34-25(8-10-45-34)32(40-33)19-5-6-24-20(11-19)15-39-35(24)43/h4-6,8,10-14,16,18H,1,7,9,15,17H2,2-3H3,(H,39,43). The third kappa shape index (κ3) is 5.04. The molecule has 2 amide bonds. The van der Waals surface area contributed by atoms with Crippen molar-refractivity contribution < 1.29 is 23.1 Å². The van der Waals surface area contributed by atoms with Crippen LogP contribution >= 0.6 is 11.3 Å². The predicted molar refractivity (Wildman–Crippen MR) is 170 cm³/mol. The number of benzene rings is 2. The average molecular weight is 623 g/mol. The minimum Gasteiger partial charge on any atom is -0.490 e. The maximum atomic E-state index is 16.0. The topological polar surface area (TPSA) is 84.4 Å². The summed E-state index contributed by atoms with van der Waals surface area (Å²) >= 11 is 1.42. The van der Waals surface area contributed by atoms with Gasteiger partial charge in [0.05, 0.1) is 23.1 Å². The number of rotatable bonds is 6. The summed E-state index contributed by atoms with van der Waals surface area (Å²) in [7, 11) is 0. The van der Waals surface area contributed by atoms with Crippen LogP contribution in [0.2, 0.25) is 0 Å². The second-order valence-electron chi connectivity index (χ2n) is 11.4. The highest BCUT2D eigenvalue weighted by molar-refractivity contribution is 7.18. The van der Waals surface area contributed by atoms with Crippen LogP contribution < -0.4 is 10.1 Å². The number of carbonyl (C=O) groups is 2. The molecular formula is C35H28F2N4O3S. The Labute approximate surface area is 262 Å². The number of halogens is 2. The van der Waals surface area contributed by atoms with E-state index in [4.69, 9.17) is 14.7 Å². The molecule has 0 saturated carbocycles. The molecule has 226 valence electrons. The molecule has 5 heterocycles. The van der Waals surface area contributed by atoms with Crippen molar-refractivity contribution >= 4 is 33.2 Å². The molecule has 0 spiro atoms. The maximum absolute atomic E-state index is 16.0. The van der Waals surface area contributed by atoms with Gasteiger partial charge in [-0.25, -0.2) is 13.8 Å². The molecule has 2 aliphatic heterocycles. The Morgan fingerprint density at radius 2 is 1.91 bits per heavy atom. The van der Waals surface area contributed by atoms with E-state index in [1.54, 1.807) is 31.0 Å². The van der Waals surface area contributed by atoms with Crippen LogP contribution in [0.25, 0.3) is 43.7 Å². The molecule has 0 unspecified atom stereocenters. The van der Waals surface area contributed by atoms with Gasteiger partial charge in [0.2, 0.25) is 5.91 Å². The summed E-state index contributed by atoms with van der Waals surface area (Å²) in [5.41, 5.74) is 6.31. The molecule has 45 heavy (non-hydrogen) atoms. The molecule has 0 atom stereocenters. The van der Waals surface area contributed by atoms with Crippen LogP contribution in [-0.2, 0) is 24.3 Å². The summed E-state index contributed by atoms with van der Waals surface area (Å²) in [6, 6.07) is 11.5. The van der Waals surface area contributed by atoms with Gasteiger partial charge in [-0.1, -0.05) is 12.6 Å². The quantitative estimate of drug-likeness (QED) is 0.205. The van der Waals surface area contributed by atoms with Gasteiger partial charge in [0, 0.05) is 82.4 Å². The molecule has 7 rings (SSSR count). The van der Waals surface area contributed by atoms with Gasteiger partial charge in [0.15, 0.2) is 0 Å². The lowest BCUT2D eigenvalue weighted by atomic mass is 9.93. The number of hydrogen-bond donors (Lipinski definition) is 1. The molecule has 10 heteroatoms. The van der Waals surface area contributed by atoms with Crippen LogP contribution in [0.3, 0.4) is 0 Å². The van der Waals surface area contributed by atoms with Crippen LogP contribution in [-0.4, -0.2) is 39.3 Å². The largest absolute Gasteiger partial charge is 0.490 e. The smallest absolute Gasteiger partial charge is 0.251 e. The van der Waals surface area contributed by atoms with Crippen molar-refractivity contribution in [2.24, 2.45) is 0 Å². The molecule has 0 radical (unpaired) electrons. The molecule has 0 bridgehead atoms. The lowest BCUT2D eigenvalue weighted by Gasteiger charge is -2.27. The van der Waals surface area contributed by atoms with Gasteiger partial charge in [-0.3, -0.25) is 14.6 Å². The molecule has 0 fully saturated rings. The molecule has 3 aromatic heterocycles. The number of amides is 2. The molecule has 2 aliphatic rings. The fourth-order valence-corrected chi connectivity index (χ4v) is 7.03. The van der Waals surface area contributed by atoms with E-state index in [1.807, 2.05) is 29.6 Å². The summed E-state index contributed by atoms with van der Waals surface area (Å²) in [6.45, 7) is 8.52. The number of nitrogens with one attached hydrogen (secondary N) is 1. The monoisotopic (exact) mass is 622 g/mol. The Morgan fingerprint density at radius 1 is 1.09 bits per heavy atom. The van der Waals surface area contributed by atoms with Crippen LogP contribution in [0, 0.1) is 11.6 Å². The van der Waals surface area contributed by atoms with Gasteiger partial charge in [0.25, 0.3) is 5.91 Å². The SMILES string of the molecule is C=CC(=O)N1CCc2ncc(-c3nc(-c4ccc5c(c4)CNC5=O)c4ccsc4c3-c3c(F)cc(F)cc3OC(C)C)cc2C1. The molecule has 0 aliphatic carbocycles. The summed E-state index contributed by atoms with van der Waals surface area (Å²) < 4.78 is 37.3. The van der Waals surface area contributed by atoms with E-state index >= 15 is 4.39 Å². The second-order valence-corrected chi connectivity index (χ2v) is 12.3. The first-order chi connectivity index (χ1) is 21.7. The van der Waals surface area contributed by atoms with E-state index in [-0.39, 0.29) is 29.2 Å². The Hall–Kier alpha value is -4.96. The van der Waals surface area contributed by atoms with Gasteiger partial charge in [0.1, 0.15) is 17.4 Å². The third-order valence-corrected chi connectivity index (χ3v) is 9.03. The normalized spacial score (nSPS) is 14.0. The molecule has 5 aromatic rings. The van der Waals surface area contributed by atoms with E-state index in [1.165, 1.54) is 23.5 Å². The van der Waals surface area contributed by atoms with Crippen LogP contribution in [0.1, 0.15) is 41.0 Å². The second kappa shape index (κ2) is 11.2. The zero-order valence-corrected chi connectivity index (χ0v) is 25.4. The number of carbonyl (C=O) groups excluding carboxylic acids is 2. The molecule has 7 nitrogen and oxygen atoms in total. The van der Waals surface area contributed by atoms with Gasteiger partial charge in [-0.2, -0.15) is 0 Å². The van der Waals surface area contributed by atoms with E-state index in [0.29, 0.717) is 54.1 Å². The molecule has 1 N–H and O–H groups in total. The average Bonchev–Trinajstić information content (AvgIpc) is 3.66. The summed E-state index contributed by atoms with van der Waals surface area (Å²) in [4.78, 5) is 36.3. The zero-order chi connectivity index (χ0) is 31.4.